The van der Waals surface area contributed by atoms with E-state index in [2.05, 4.69) is 0 Å². The van der Waals surface area contributed by atoms with E-state index in [0.717, 1.165) is 16.7 Å². The maximum Gasteiger partial charge on any atom is 0.193 e. The first-order valence-corrected chi connectivity index (χ1v) is 6.71. The Balaban J connectivity index is 0.000000131. The van der Waals surface area contributed by atoms with Crippen LogP contribution in [0.25, 0.3) is 0 Å². The van der Waals surface area contributed by atoms with E-state index in [4.69, 9.17) is 9.47 Å². The molecule has 3 nitrogen and oxygen atoms in total. The van der Waals surface area contributed by atoms with Crippen molar-refractivity contribution in [1.29, 1.82) is 0 Å². The molecule has 1 aromatic rings. The Hall–Kier alpha value is -1.97. The van der Waals surface area contributed by atoms with E-state index in [1.807, 2.05) is 61.6 Å². The van der Waals surface area contributed by atoms with Crippen LogP contribution in [0.1, 0.15) is 18.8 Å². The maximum absolute atomic E-state index is 10.8. The number of Topliss-reactive ketones (excluding diaryl/α,β-unsaturated/α-hetero) is 1. The summed E-state index contributed by atoms with van der Waals surface area (Å²) in [4.78, 5) is 10.8. The molecule has 0 amide bonds. The van der Waals surface area contributed by atoms with Crippen molar-refractivity contribution >= 4 is 5.78 Å². The highest BCUT2D eigenvalue weighted by molar-refractivity contribution is 6.17. The van der Waals surface area contributed by atoms with E-state index in [9.17, 15) is 4.79 Å². The number of allylic oxidation sites excluding steroid dienone is 6. The van der Waals surface area contributed by atoms with Crippen LogP contribution in [0.4, 0.5) is 0 Å². The topological polar surface area (TPSA) is 35.5 Å². The number of rotatable bonds is 1. The number of carbonyl (C=O) groups is 1. The van der Waals surface area contributed by atoms with Crippen LogP contribution < -0.4 is 0 Å². The van der Waals surface area contributed by atoms with Crippen LogP contribution in [0.15, 0.2) is 65.8 Å². The van der Waals surface area contributed by atoms with Crippen LogP contribution in [0.2, 0.25) is 0 Å². The van der Waals surface area contributed by atoms with Gasteiger partial charge in [-0.1, -0.05) is 54.6 Å². The molecule has 0 radical (unpaired) electrons. The second kappa shape index (κ2) is 5.57. The lowest BCUT2D eigenvalue weighted by atomic mass is 10.2. The Morgan fingerprint density at radius 1 is 1.05 bits per heavy atom. The van der Waals surface area contributed by atoms with Gasteiger partial charge in [-0.3, -0.25) is 4.79 Å². The van der Waals surface area contributed by atoms with Crippen molar-refractivity contribution in [2.75, 3.05) is 6.61 Å². The van der Waals surface area contributed by atoms with Gasteiger partial charge < -0.3 is 9.47 Å². The number of hydrogen-bond acceptors (Lipinski definition) is 3. The van der Waals surface area contributed by atoms with Gasteiger partial charge in [0, 0.05) is 16.7 Å². The molecular weight excluding hydrogens is 252 g/mol. The lowest BCUT2D eigenvalue weighted by Gasteiger charge is -2.08. The first-order chi connectivity index (χ1) is 9.74. The highest BCUT2D eigenvalue weighted by Gasteiger charge is 2.23. The Bertz CT molecular complexity index is 572. The molecule has 0 aromatic heterocycles. The fraction of sp³-hybridized carbons (Fsp3) is 0.235. The minimum atomic E-state index is -0.152. The van der Waals surface area contributed by atoms with Crippen LogP contribution in [0.5, 0.6) is 0 Å². The average molecular weight is 268 g/mol. The number of carbonyl (C=O) groups excluding carboxylic acids is 1. The van der Waals surface area contributed by atoms with Gasteiger partial charge >= 0.3 is 0 Å². The second-order valence-corrected chi connectivity index (χ2v) is 4.93. The molecule has 2 aliphatic carbocycles. The summed E-state index contributed by atoms with van der Waals surface area (Å²) in [6.07, 6.45) is 7.45. The van der Waals surface area contributed by atoms with E-state index in [0.29, 0.717) is 6.61 Å². The van der Waals surface area contributed by atoms with Crippen LogP contribution >= 0.6 is 0 Å². The Kier molecular flexibility index (Phi) is 3.63. The normalized spacial score (nSPS) is 26.1. The molecule has 2 unspecified atom stereocenters. The van der Waals surface area contributed by atoms with Gasteiger partial charge in [-0.25, -0.2) is 0 Å². The van der Waals surface area contributed by atoms with Gasteiger partial charge in [0.15, 0.2) is 12.1 Å². The smallest absolute Gasteiger partial charge is 0.193 e. The summed E-state index contributed by atoms with van der Waals surface area (Å²) in [5.41, 5.74) is 2.77. The highest BCUT2D eigenvalue weighted by Crippen LogP contribution is 2.26. The Morgan fingerprint density at radius 3 is 2.10 bits per heavy atom. The maximum atomic E-state index is 10.8. The minimum absolute atomic E-state index is 0.152. The lowest BCUT2D eigenvalue weighted by molar-refractivity contribution is -0.111. The largest absolute Gasteiger partial charge is 0.346 e. The number of hydrogen-bond donors (Lipinski definition) is 0. The van der Waals surface area contributed by atoms with Crippen molar-refractivity contribution in [3.63, 3.8) is 0 Å². The third kappa shape index (κ3) is 2.64. The van der Waals surface area contributed by atoms with Crippen molar-refractivity contribution in [1.82, 2.24) is 0 Å². The monoisotopic (exact) mass is 268 g/mol. The Labute approximate surface area is 118 Å². The van der Waals surface area contributed by atoms with Crippen LogP contribution in [-0.4, -0.2) is 18.5 Å². The zero-order valence-electron chi connectivity index (χ0n) is 11.3. The number of fused-ring (bicyclic) bond motifs is 2. The van der Waals surface area contributed by atoms with E-state index in [1.165, 1.54) is 0 Å². The molecule has 102 valence electrons. The van der Waals surface area contributed by atoms with Crippen LogP contribution in [-0.2, 0) is 14.3 Å². The van der Waals surface area contributed by atoms with Crippen molar-refractivity contribution in [3.05, 3.63) is 71.3 Å². The first kappa shape index (κ1) is 13.0. The molecule has 4 rings (SSSR count). The van der Waals surface area contributed by atoms with E-state index in [-0.39, 0.29) is 18.2 Å². The quantitative estimate of drug-likeness (QED) is 0.785. The third-order valence-electron chi connectivity index (χ3n) is 3.32. The predicted molar refractivity (Wildman–Crippen MR) is 76.0 cm³/mol. The molecule has 0 spiro atoms. The summed E-state index contributed by atoms with van der Waals surface area (Å²) < 4.78 is 11.0. The van der Waals surface area contributed by atoms with Crippen LogP contribution in [0.3, 0.4) is 0 Å². The molecule has 1 heterocycles. The lowest BCUT2D eigenvalue weighted by Crippen LogP contribution is -2.02. The predicted octanol–water partition coefficient (Wildman–Crippen LogP) is 3.11. The van der Waals surface area contributed by atoms with Gasteiger partial charge in [0.1, 0.15) is 0 Å². The minimum Gasteiger partial charge on any atom is -0.346 e. The summed E-state index contributed by atoms with van der Waals surface area (Å²) in [6.45, 7) is 2.71. The standard InChI is InChI=1S/C10H12O2.C7H4O/c1-8-7-11-10(12-8)9-5-3-2-4-6-9;8-7-5-1-2-6(7)4-3-5/h2-6,8,10H,7H2,1H3;1-4H. The van der Waals surface area contributed by atoms with Crippen LogP contribution in [0, 0.1) is 0 Å². The molecule has 1 aromatic carbocycles. The van der Waals surface area contributed by atoms with Gasteiger partial charge in [0.25, 0.3) is 0 Å². The van der Waals surface area contributed by atoms with E-state index in [1.54, 1.807) is 0 Å². The number of ketones is 1. The SMILES string of the molecule is CC1COC(c2ccccc2)O1.O=C1C2=CC=C1C=C2. The van der Waals surface area contributed by atoms with Crippen molar-refractivity contribution < 1.29 is 14.3 Å². The first-order valence-electron chi connectivity index (χ1n) is 6.71. The molecular formula is C17H16O3. The summed E-state index contributed by atoms with van der Waals surface area (Å²) in [6, 6.07) is 10.0. The second-order valence-electron chi connectivity index (χ2n) is 4.93. The van der Waals surface area contributed by atoms with Crippen molar-refractivity contribution in [2.24, 2.45) is 0 Å². The van der Waals surface area contributed by atoms with E-state index >= 15 is 0 Å². The third-order valence-corrected chi connectivity index (χ3v) is 3.32. The van der Waals surface area contributed by atoms with Gasteiger partial charge in [-0.15, -0.1) is 0 Å². The molecule has 0 saturated carbocycles. The van der Waals surface area contributed by atoms with Crippen molar-refractivity contribution in [2.45, 2.75) is 19.3 Å². The summed E-state index contributed by atoms with van der Waals surface area (Å²) in [5, 5.41) is 0. The molecule has 3 heteroatoms. The summed E-state index contributed by atoms with van der Waals surface area (Å²) in [5.74, 6) is 0.185. The number of benzene rings is 1. The fourth-order valence-electron chi connectivity index (χ4n) is 2.24. The molecule has 2 atom stereocenters. The Morgan fingerprint density at radius 2 is 1.70 bits per heavy atom. The molecule has 2 bridgehead atoms. The average Bonchev–Trinajstić information content (AvgIpc) is 3.18. The molecule has 3 aliphatic rings. The molecule has 20 heavy (non-hydrogen) atoms. The summed E-state index contributed by atoms with van der Waals surface area (Å²) >= 11 is 0. The number of ether oxygens (including phenoxy) is 2. The highest BCUT2D eigenvalue weighted by atomic mass is 16.7. The zero-order valence-corrected chi connectivity index (χ0v) is 11.3. The van der Waals surface area contributed by atoms with E-state index < -0.39 is 0 Å². The van der Waals surface area contributed by atoms with Gasteiger partial charge in [0.05, 0.1) is 12.7 Å². The molecule has 1 fully saturated rings. The van der Waals surface area contributed by atoms with Gasteiger partial charge in [-0.2, -0.15) is 0 Å². The summed E-state index contributed by atoms with van der Waals surface area (Å²) in [7, 11) is 0. The fourth-order valence-corrected chi connectivity index (χ4v) is 2.24. The molecule has 0 N–H and O–H groups in total. The van der Waals surface area contributed by atoms with Gasteiger partial charge in [0.2, 0.25) is 0 Å². The van der Waals surface area contributed by atoms with Crippen molar-refractivity contribution in [3.8, 4) is 0 Å². The molecule has 1 aliphatic heterocycles. The van der Waals surface area contributed by atoms with Gasteiger partial charge in [-0.05, 0) is 6.92 Å². The molecule has 1 saturated heterocycles. The zero-order chi connectivity index (χ0) is 13.9.